The van der Waals surface area contributed by atoms with Gasteiger partial charge in [-0.2, -0.15) is 0 Å². The molecule has 0 saturated carbocycles. The number of para-hydroxylation sites is 1. The molecule has 0 amide bonds. The van der Waals surface area contributed by atoms with E-state index in [-0.39, 0.29) is 22.2 Å². The Balaban J connectivity index is 2.29. The van der Waals surface area contributed by atoms with Gasteiger partial charge in [0, 0.05) is 22.7 Å². The van der Waals surface area contributed by atoms with E-state index in [0.717, 1.165) is 12.1 Å². The Kier molecular flexibility index (Phi) is 3.65. The summed E-state index contributed by atoms with van der Waals surface area (Å²) in [7, 11) is 1.23. The first-order valence-corrected chi connectivity index (χ1v) is 6.71. The van der Waals surface area contributed by atoms with Crippen LogP contribution in [0.4, 0.5) is 8.78 Å². The molecule has 1 aromatic heterocycles. The molecule has 0 radical (unpaired) electrons. The van der Waals surface area contributed by atoms with Crippen LogP contribution in [0.25, 0.3) is 22.2 Å². The third kappa shape index (κ3) is 2.59. The lowest BCUT2D eigenvalue weighted by Gasteiger charge is -2.08. The number of aromatic nitrogens is 1. The van der Waals surface area contributed by atoms with E-state index in [2.05, 4.69) is 4.98 Å². The SMILES string of the molecule is COC(=O)c1cccc2c(=O)cc(-c3ccc(F)c(F)c3)[nH]c12. The Labute approximate surface area is 129 Å². The first-order valence-electron chi connectivity index (χ1n) is 6.71. The maximum absolute atomic E-state index is 13.4. The average Bonchev–Trinajstić information content (AvgIpc) is 2.56. The van der Waals surface area contributed by atoms with E-state index in [4.69, 9.17) is 4.74 Å². The summed E-state index contributed by atoms with van der Waals surface area (Å²) >= 11 is 0. The summed E-state index contributed by atoms with van der Waals surface area (Å²) in [6.07, 6.45) is 0. The molecule has 0 fully saturated rings. The number of hydrogen-bond acceptors (Lipinski definition) is 3. The number of rotatable bonds is 2. The van der Waals surface area contributed by atoms with Crippen LogP contribution >= 0.6 is 0 Å². The summed E-state index contributed by atoms with van der Waals surface area (Å²) in [4.78, 5) is 27.0. The minimum Gasteiger partial charge on any atom is -0.465 e. The molecule has 0 aliphatic carbocycles. The molecule has 0 spiro atoms. The van der Waals surface area contributed by atoms with Crippen LogP contribution in [0.3, 0.4) is 0 Å². The monoisotopic (exact) mass is 315 g/mol. The number of esters is 1. The van der Waals surface area contributed by atoms with Gasteiger partial charge in [-0.1, -0.05) is 6.07 Å². The highest BCUT2D eigenvalue weighted by Gasteiger charge is 2.14. The number of fused-ring (bicyclic) bond motifs is 1. The van der Waals surface area contributed by atoms with E-state index < -0.39 is 17.6 Å². The van der Waals surface area contributed by atoms with Crippen molar-refractivity contribution in [1.29, 1.82) is 0 Å². The van der Waals surface area contributed by atoms with Gasteiger partial charge in [0.25, 0.3) is 0 Å². The van der Waals surface area contributed by atoms with Crippen molar-refractivity contribution < 1.29 is 18.3 Å². The van der Waals surface area contributed by atoms with Gasteiger partial charge in [0.2, 0.25) is 0 Å². The second-order valence-corrected chi connectivity index (χ2v) is 4.90. The molecule has 1 heterocycles. The maximum atomic E-state index is 13.4. The first-order chi connectivity index (χ1) is 11.0. The highest BCUT2D eigenvalue weighted by molar-refractivity contribution is 6.03. The van der Waals surface area contributed by atoms with Gasteiger partial charge in [-0.25, -0.2) is 13.6 Å². The van der Waals surface area contributed by atoms with Gasteiger partial charge in [0.05, 0.1) is 18.2 Å². The average molecular weight is 315 g/mol. The lowest BCUT2D eigenvalue weighted by atomic mass is 10.1. The second kappa shape index (κ2) is 5.64. The van der Waals surface area contributed by atoms with Gasteiger partial charge in [0.1, 0.15) is 0 Å². The van der Waals surface area contributed by atoms with Gasteiger partial charge in [-0.15, -0.1) is 0 Å². The number of pyridine rings is 1. The number of ether oxygens (including phenoxy) is 1. The number of nitrogens with one attached hydrogen (secondary N) is 1. The molecule has 4 nitrogen and oxygen atoms in total. The minimum atomic E-state index is -1.02. The quantitative estimate of drug-likeness (QED) is 0.738. The number of carbonyl (C=O) groups is 1. The van der Waals surface area contributed by atoms with Crippen LogP contribution in [0.2, 0.25) is 0 Å². The zero-order valence-corrected chi connectivity index (χ0v) is 12.0. The highest BCUT2D eigenvalue weighted by Crippen LogP contribution is 2.22. The molecule has 0 aliphatic heterocycles. The second-order valence-electron chi connectivity index (χ2n) is 4.90. The summed E-state index contributed by atoms with van der Waals surface area (Å²) in [6.45, 7) is 0. The fourth-order valence-corrected chi connectivity index (χ4v) is 2.37. The van der Waals surface area contributed by atoms with Crippen molar-refractivity contribution in [2.45, 2.75) is 0 Å². The Morgan fingerprint density at radius 1 is 1.09 bits per heavy atom. The van der Waals surface area contributed by atoms with Crippen LogP contribution in [-0.4, -0.2) is 18.1 Å². The largest absolute Gasteiger partial charge is 0.465 e. The molecule has 23 heavy (non-hydrogen) atoms. The van der Waals surface area contributed by atoms with E-state index in [1.165, 1.54) is 25.3 Å². The van der Waals surface area contributed by atoms with Crippen molar-refractivity contribution >= 4 is 16.9 Å². The van der Waals surface area contributed by atoms with Crippen molar-refractivity contribution in [3.8, 4) is 11.3 Å². The number of carbonyl (C=O) groups excluding carboxylic acids is 1. The Morgan fingerprint density at radius 3 is 2.57 bits per heavy atom. The number of halogens is 2. The molecular formula is C17H11F2NO3. The van der Waals surface area contributed by atoms with Crippen LogP contribution in [0.1, 0.15) is 10.4 Å². The van der Waals surface area contributed by atoms with E-state index in [1.807, 2.05) is 0 Å². The molecule has 116 valence electrons. The summed E-state index contributed by atoms with van der Waals surface area (Å²) in [5.41, 5.74) is 0.697. The van der Waals surface area contributed by atoms with Crippen molar-refractivity contribution in [3.63, 3.8) is 0 Å². The number of methoxy groups -OCH3 is 1. The predicted octanol–water partition coefficient (Wildman–Crippen LogP) is 3.26. The minimum absolute atomic E-state index is 0.187. The molecule has 0 bridgehead atoms. The molecule has 0 unspecified atom stereocenters. The van der Waals surface area contributed by atoms with Gasteiger partial charge in [0.15, 0.2) is 17.1 Å². The molecule has 0 aliphatic rings. The summed E-state index contributed by atoms with van der Waals surface area (Å²) in [6, 6.07) is 9.22. The van der Waals surface area contributed by atoms with Gasteiger partial charge < -0.3 is 9.72 Å². The number of H-pyrrole nitrogens is 1. The van der Waals surface area contributed by atoms with Crippen LogP contribution in [0.15, 0.2) is 47.3 Å². The summed E-state index contributed by atoms with van der Waals surface area (Å²) in [5.74, 6) is -2.61. The smallest absolute Gasteiger partial charge is 0.339 e. The van der Waals surface area contributed by atoms with E-state index in [9.17, 15) is 18.4 Å². The number of hydrogen-bond donors (Lipinski definition) is 1. The van der Waals surface area contributed by atoms with Gasteiger partial charge in [-0.3, -0.25) is 4.79 Å². The fourth-order valence-electron chi connectivity index (χ4n) is 2.37. The van der Waals surface area contributed by atoms with Crippen LogP contribution in [0, 0.1) is 11.6 Å². The van der Waals surface area contributed by atoms with E-state index in [1.54, 1.807) is 12.1 Å². The molecular weight excluding hydrogens is 304 g/mol. The normalized spacial score (nSPS) is 10.7. The van der Waals surface area contributed by atoms with E-state index >= 15 is 0 Å². The third-order valence-corrected chi connectivity index (χ3v) is 3.50. The molecule has 3 rings (SSSR count). The number of aromatic amines is 1. The van der Waals surface area contributed by atoms with Gasteiger partial charge >= 0.3 is 5.97 Å². The summed E-state index contributed by atoms with van der Waals surface area (Å²) < 4.78 is 31.1. The molecule has 2 aromatic carbocycles. The Morgan fingerprint density at radius 2 is 1.87 bits per heavy atom. The standard InChI is InChI=1S/C17H11F2NO3/c1-23-17(22)11-4-2-3-10-15(21)8-14(20-16(10)11)9-5-6-12(18)13(19)7-9/h2-8H,1H3,(H,20,21). The predicted molar refractivity (Wildman–Crippen MR) is 81.3 cm³/mol. The van der Waals surface area contributed by atoms with Crippen molar-refractivity contribution in [1.82, 2.24) is 4.98 Å². The zero-order valence-electron chi connectivity index (χ0n) is 12.0. The van der Waals surface area contributed by atoms with Gasteiger partial charge in [-0.05, 0) is 30.3 Å². The van der Waals surface area contributed by atoms with Crippen molar-refractivity contribution in [2.75, 3.05) is 7.11 Å². The number of benzene rings is 2. The van der Waals surface area contributed by atoms with E-state index in [0.29, 0.717) is 10.9 Å². The van der Waals surface area contributed by atoms with Crippen molar-refractivity contribution in [3.05, 3.63) is 69.9 Å². The molecule has 3 aromatic rings. The molecule has 1 N–H and O–H groups in total. The van der Waals surface area contributed by atoms with Crippen LogP contribution in [-0.2, 0) is 4.74 Å². The lowest BCUT2D eigenvalue weighted by Crippen LogP contribution is -2.09. The highest BCUT2D eigenvalue weighted by atomic mass is 19.2. The first kappa shape index (κ1) is 14.9. The Bertz CT molecular complexity index is 979. The Hall–Kier alpha value is -3.02. The zero-order chi connectivity index (χ0) is 16.6. The van der Waals surface area contributed by atoms with Crippen molar-refractivity contribution in [2.24, 2.45) is 0 Å². The topological polar surface area (TPSA) is 59.2 Å². The van der Waals surface area contributed by atoms with Crippen LogP contribution < -0.4 is 5.43 Å². The van der Waals surface area contributed by atoms with Crippen LogP contribution in [0.5, 0.6) is 0 Å². The summed E-state index contributed by atoms with van der Waals surface area (Å²) in [5, 5.41) is 0.305. The third-order valence-electron chi connectivity index (χ3n) is 3.50. The molecule has 0 atom stereocenters. The fraction of sp³-hybridized carbons (Fsp3) is 0.0588. The molecule has 0 saturated heterocycles. The lowest BCUT2D eigenvalue weighted by molar-refractivity contribution is 0.0603. The molecule has 6 heteroatoms. The maximum Gasteiger partial charge on any atom is 0.339 e.